The Morgan fingerprint density at radius 3 is 2.88 bits per heavy atom. The van der Waals surface area contributed by atoms with Crippen molar-refractivity contribution in [3.63, 3.8) is 0 Å². The molecule has 1 aromatic carbocycles. The molecule has 0 saturated carbocycles. The van der Waals surface area contributed by atoms with Crippen molar-refractivity contribution in [1.29, 1.82) is 0 Å². The van der Waals surface area contributed by atoms with Gasteiger partial charge in [0.25, 0.3) is 5.56 Å². The number of carbonyl (C=O) groups excluding carboxylic acids is 1. The summed E-state index contributed by atoms with van der Waals surface area (Å²) in [5.41, 5.74) is 4.16. The van der Waals surface area contributed by atoms with Gasteiger partial charge in [-0.1, -0.05) is 17.8 Å². The maximum Gasteiger partial charge on any atom is 0.267 e. The van der Waals surface area contributed by atoms with Crippen LogP contribution in [0, 0.1) is 13.8 Å². The molecule has 1 aliphatic rings. The van der Waals surface area contributed by atoms with E-state index in [4.69, 9.17) is 9.40 Å². The summed E-state index contributed by atoms with van der Waals surface area (Å²) in [6.07, 6.45) is 4.60. The molecule has 33 heavy (non-hydrogen) atoms. The van der Waals surface area contributed by atoms with Gasteiger partial charge in [-0.25, -0.2) is 4.98 Å². The largest absolute Gasteiger partial charge is 0.467 e. The van der Waals surface area contributed by atoms with Gasteiger partial charge in [0, 0.05) is 4.88 Å². The van der Waals surface area contributed by atoms with Crippen LogP contribution in [0.15, 0.2) is 51.0 Å². The Balaban J connectivity index is 1.54. The average Bonchev–Trinajstić information content (AvgIpc) is 3.52. The highest BCUT2D eigenvalue weighted by Gasteiger charge is 2.26. The van der Waals surface area contributed by atoms with Crippen molar-refractivity contribution in [2.75, 3.05) is 0 Å². The zero-order valence-corrected chi connectivity index (χ0v) is 20.4. The van der Waals surface area contributed by atoms with E-state index in [1.807, 2.05) is 38.1 Å². The van der Waals surface area contributed by atoms with Gasteiger partial charge in [0.05, 0.1) is 29.1 Å². The van der Waals surface area contributed by atoms with Gasteiger partial charge in [0.1, 0.15) is 10.6 Å². The van der Waals surface area contributed by atoms with Crippen LogP contribution in [0.1, 0.15) is 40.7 Å². The molecule has 0 radical (unpaired) electrons. The van der Waals surface area contributed by atoms with Gasteiger partial charge in [-0.3, -0.25) is 14.2 Å². The first-order valence-electron chi connectivity index (χ1n) is 11.0. The van der Waals surface area contributed by atoms with Crippen molar-refractivity contribution in [3.8, 4) is 5.69 Å². The van der Waals surface area contributed by atoms with Crippen LogP contribution in [-0.2, 0) is 24.2 Å². The maximum absolute atomic E-state index is 13.8. The molecule has 6 nitrogen and oxygen atoms in total. The number of thioether (sulfide) groups is 1. The molecular weight excluding hydrogens is 454 g/mol. The quantitative estimate of drug-likeness (QED) is 0.313. The summed E-state index contributed by atoms with van der Waals surface area (Å²) in [6, 6.07) is 9.60. The predicted octanol–water partition coefficient (Wildman–Crippen LogP) is 4.94. The summed E-state index contributed by atoms with van der Waals surface area (Å²) in [4.78, 5) is 33.5. The van der Waals surface area contributed by atoms with E-state index in [2.05, 4.69) is 12.2 Å². The third-order valence-electron chi connectivity index (χ3n) is 6.13. The molecule has 0 saturated heterocycles. The first kappa shape index (κ1) is 22.0. The Hall–Kier alpha value is -2.84. The third-order valence-corrected chi connectivity index (χ3v) is 8.36. The van der Waals surface area contributed by atoms with Gasteiger partial charge in [0.15, 0.2) is 5.16 Å². The van der Waals surface area contributed by atoms with Crippen LogP contribution in [0.5, 0.6) is 0 Å². The lowest BCUT2D eigenvalue weighted by molar-refractivity contribution is -0.120. The zero-order valence-electron chi connectivity index (χ0n) is 18.8. The van der Waals surface area contributed by atoms with Gasteiger partial charge in [-0.05, 0) is 81.0 Å². The van der Waals surface area contributed by atoms with E-state index >= 15 is 0 Å². The second-order valence-corrected chi connectivity index (χ2v) is 10.8. The molecule has 3 aromatic heterocycles. The molecular formula is C25H25N3O3S2. The van der Waals surface area contributed by atoms with Crippen LogP contribution in [0.3, 0.4) is 0 Å². The Bertz CT molecular complexity index is 1400. The highest BCUT2D eigenvalue weighted by molar-refractivity contribution is 8.00. The lowest BCUT2D eigenvalue weighted by Crippen LogP contribution is -2.31. The third kappa shape index (κ3) is 4.13. The number of carbonyl (C=O) groups is 1. The number of nitrogens with one attached hydrogen (secondary N) is 1. The minimum atomic E-state index is -0.436. The standard InChI is InChI=1S/C25H25N3O3S2/c1-14-9-10-17(12-15(14)2)28-24(30)21-19-7-4-8-20(19)33-23(21)27-25(28)32-16(3)22(29)26-13-18-6-5-11-31-18/h5-6,9-12,16H,4,7-8,13H2,1-3H3,(H,26,29). The number of nitrogens with zero attached hydrogens (tertiary/aromatic N) is 2. The number of benzene rings is 1. The molecule has 0 spiro atoms. The SMILES string of the molecule is Cc1ccc(-n2c(SC(C)C(=O)NCc3ccco3)nc3sc4c(c3c2=O)CCC4)cc1C. The molecule has 1 aliphatic carbocycles. The molecule has 8 heteroatoms. The summed E-state index contributed by atoms with van der Waals surface area (Å²) in [6.45, 7) is 6.24. The number of thiophene rings is 1. The second-order valence-electron chi connectivity index (χ2n) is 8.40. The summed E-state index contributed by atoms with van der Waals surface area (Å²) in [5.74, 6) is 0.561. The van der Waals surface area contributed by atoms with E-state index in [9.17, 15) is 9.59 Å². The van der Waals surface area contributed by atoms with E-state index in [0.717, 1.165) is 51.9 Å². The van der Waals surface area contributed by atoms with Crippen molar-refractivity contribution in [2.24, 2.45) is 0 Å². The summed E-state index contributed by atoms with van der Waals surface area (Å²) in [5, 5.41) is 3.74. The van der Waals surface area contributed by atoms with E-state index in [1.165, 1.54) is 16.6 Å². The molecule has 1 N–H and O–H groups in total. The van der Waals surface area contributed by atoms with Crippen molar-refractivity contribution >= 4 is 39.2 Å². The number of aromatic nitrogens is 2. The van der Waals surface area contributed by atoms with Crippen molar-refractivity contribution in [3.05, 3.63) is 74.3 Å². The second kappa shape index (κ2) is 8.83. The minimum absolute atomic E-state index is 0.0478. The Kier molecular flexibility index (Phi) is 5.88. The molecule has 170 valence electrons. The van der Waals surface area contributed by atoms with Crippen LogP contribution < -0.4 is 10.9 Å². The summed E-state index contributed by atoms with van der Waals surface area (Å²) in [7, 11) is 0. The van der Waals surface area contributed by atoms with E-state index < -0.39 is 5.25 Å². The van der Waals surface area contributed by atoms with Crippen LogP contribution in [-0.4, -0.2) is 20.7 Å². The van der Waals surface area contributed by atoms with Crippen molar-refractivity contribution in [1.82, 2.24) is 14.9 Å². The number of rotatable bonds is 6. The number of hydrogen-bond acceptors (Lipinski definition) is 6. The fraction of sp³-hybridized carbons (Fsp3) is 0.320. The molecule has 0 aliphatic heterocycles. The van der Waals surface area contributed by atoms with E-state index in [-0.39, 0.29) is 11.5 Å². The zero-order chi connectivity index (χ0) is 23.1. The number of fused-ring (bicyclic) bond motifs is 3. The number of amides is 1. The minimum Gasteiger partial charge on any atom is -0.467 e. The molecule has 5 rings (SSSR count). The molecule has 0 fully saturated rings. The molecule has 3 heterocycles. The fourth-order valence-corrected chi connectivity index (χ4v) is 6.39. The Morgan fingerprint density at radius 1 is 1.27 bits per heavy atom. The fourth-order valence-electron chi connectivity index (χ4n) is 4.14. The maximum atomic E-state index is 13.8. The number of furan rings is 1. The van der Waals surface area contributed by atoms with Crippen LogP contribution in [0.2, 0.25) is 0 Å². The molecule has 1 unspecified atom stereocenters. The normalized spacial score (nSPS) is 13.9. The highest BCUT2D eigenvalue weighted by atomic mass is 32.2. The van der Waals surface area contributed by atoms with Gasteiger partial charge < -0.3 is 9.73 Å². The Morgan fingerprint density at radius 2 is 2.12 bits per heavy atom. The molecule has 4 aromatic rings. The first-order valence-corrected chi connectivity index (χ1v) is 12.7. The van der Waals surface area contributed by atoms with Crippen LogP contribution in [0.25, 0.3) is 15.9 Å². The van der Waals surface area contributed by atoms with Crippen molar-refractivity contribution < 1.29 is 9.21 Å². The van der Waals surface area contributed by atoms with Crippen LogP contribution in [0.4, 0.5) is 0 Å². The number of aryl methyl sites for hydroxylation is 4. The summed E-state index contributed by atoms with van der Waals surface area (Å²) >= 11 is 2.92. The van der Waals surface area contributed by atoms with E-state index in [1.54, 1.807) is 28.2 Å². The first-order chi connectivity index (χ1) is 15.9. The lowest BCUT2D eigenvalue weighted by atomic mass is 10.1. The highest BCUT2D eigenvalue weighted by Crippen LogP contribution is 2.36. The molecule has 1 amide bonds. The monoisotopic (exact) mass is 479 g/mol. The smallest absolute Gasteiger partial charge is 0.267 e. The topological polar surface area (TPSA) is 77.1 Å². The van der Waals surface area contributed by atoms with Gasteiger partial charge >= 0.3 is 0 Å². The van der Waals surface area contributed by atoms with Gasteiger partial charge in [-0.15, -0.1) is 11.3 Å². The predicted molar refractivity (Wildman–Crippen MR) is 133 cm³/mol. The van der Waals surface area contributed by atoms with Crippen molar-refractivity contribution in [2.45, 2.75) is 57.0 Å². The lowest BCUT2D eigenvalue weighted by Gasteiger charge is -2.16. The van der Waals surface area contributed by atoms with Gasteiger partial charge in [-0.2, -0.15) is 0 Å². The molecule has 1 atom stereocenters. The average molecular weight is 480 g/mol. The van der Waals surface area contributed by atoms with E-state index in [0.29, 0.717) is 17.5 Å². The number of hydrogen-bond donors (Lipinski definition) is 1. The van der Waals surface area contributed by atoms with Gasteiger partial charge in [0.2, 0.25) is 5.91 Å². The molecule has 0 bridgehead atoms. The van der Waals surface area contributed by atoms with Crippen LogP contribution >= 0.6 is 23.1 Å². The summed E-state index contributed by atoms with van der Waals surface area (Å²) < 4.78 is 6.98. The Labute approximate surface area is 200 Å².